The predicted octanol–water partition coefficient (Wildman–Crippen LogP) is 3.18. The first kappa shape index (κ1) is 12.1. The Morgan fingerprint density at radius 2 is 2.00 bits per heavy atom. The first-order valence-electron chi connectivity index (χ1n) is 5.61. The molecule has 0 aliphatic rings. The number of nitrogens with zero attached hydrogens (tertiary/aromatic N) is 1. The minimum absolute atomic E-state index is 0.0360. The quantitative estimate of drug-likeness (QED) is 0.840. The van der Waals surface area contributed by atoms with Gasteiger partial charge in [0.25, 0.3) is 0 Å². The molecule has 0 spiro atoms. The molecule has 1 aromatic carbocycles. The zero-order valence-electron chi connectivity index (χ0n) is 9.84. The van der Waals surface area contributed by atoms with Crippen molar-refractivity contribution >= 4 is 11.8 Å². The highest BCUT2D eigenvalue weighted by molar-refractivity contribution is 7.99. The minimum atomic E-state index is 0.0360. The smallest absolute Gasteiger partial charge is 0.0408 e. The standard InChI is InChI=1S/C14H16N2S/c1-11-7-8-16-9-13(11)14(15)10-17-12-5-3-2-4-6-12/h2-9,14H,10,15H2,1H3. The van der Waals surface area contributed by atoms with E-state index in [1.807, 2.05) is 30.5 Å². The molecule has 1 unspecified atom stereocenters. The molecule has 0 bridgehead atoms. The molecular weight excluding hydrogens is 228 g/mol. The lowest BCUT2D eigenvalue weighted by molar-refractivity contribution is 0.815. The second kappa shape index (κ2) is 5.84. The monoisotopic (exact) mass is 244 g/mol. The Bertz CT molecular complexity index is 471. The van der Waals surface area contributed by atoms with E-state index in [9.17, 15) is 0 Å². The molecule has 0 aliphatic heterocycles. The number of thioether (sulfide) groups is 1. The van der Waals surface area contributed by atoms with Crippen molar-refractivity contribution in [3.05, 3.63) is 59.9 Å². The maximum absolute atomic E-state index is 6.18. The first-order chi connectivity index (χ1) is 8.27. The number of pyridine rings is 1. The van der Waals surface area contributed by atoms with Gasteiger partial charge in [0.1, 0.15) is 0 Å². The van der Waals surface area contributed by atoms with Gasteiger partial charge in [0, 0.05) is 29.1 Å². The number of hydrogen-bond donors (Lipinski definition) is 1. The molecule has 0 radical (unpaired) electrons. The van der Waals surface area contributed by atoms with Gasteiger partial charge in [-0.15, -0.1) is 11.8 Å². The molecule has 1 heterocycles. The molecule has 2 nitrogen and oxygen atoms in total. The van der Waals surface area contributed by atoms with Crippen LogP contribution in [0.15, 0.2) is 53.7 Å². The van der Waals surface area contributed by atoms with Crippen LogP contribution >= 0.6 is 11.8 Å². The third-order valence-electron chi connectivity index (χ3n) is 2.65. The van der Waals surface area contributed by atoms with E-state index in [0.29, 0.717) is 0 Å². The highest BCUT2D eigenvalue weighted by atomic mass is 32.2. The van der Waals surface area contributed by atoms with Gasteiger partial charge in [-0.2, -0.15) is 0 Å². The Morgan fingerprint density at radius 1 is 1.24 bits per heavy atom. The van der Waals surface area contributed by atoms with Crippen molar-refractivity contribution in [3.63, 3.8) is 0 Å². The van der Waals surface area contributed by atoms with Crippen LogP contribution in [-0.4, -0.2) is 10.7 Å². The Hall–Kier alpha value is -1.32. The van der Waals surface area contributed by atoms with Gasteiger partial charge in [-0.1, -0.05) is 18.2 Å². The summed E-state index contributed by atoms with van der Waals surface area (Å²) in [5, 5.41) is 0. The predicted molar refractivity (Wildman–Crippen MR) is 73.1 cm³/mol. The Balaban J connectivity index is 1.99. The summed E-state index contributed by atoms with van der Waals surface area (Å²) in [4.78, 5) is 5.39. The van der Waals surface area contributed by atoms with Crippen LogP contribution in [0.3, 0.4) is 0 Å². The molecule has 17 heavy (non-hydrogen) atoms. The fourth-order valence-electron chi connectivity index (χ4n) is 1.66. The largest absolute Gasteiger partial charge is 0.323 e. The van der Waals surface area contributed by atoms with Crippen molar-refractivity contribution in [2.24, 2.45) is 5.73 Å². The number of nitrogens with two attached hydrogens (primary N) is 1. The second-order valence-corrected chi connectivity index (χ2v) is 5.06. The number of aromatic nitrogens is 1. The van der Waals surface area contributed by atoms with E-state index in [1.165, 1.54) is 10.5 Å². The van der Waals surface area contributed by atoms with E-state index in [1.54, 1.807) is 18.0 Å². The fraction of sp³-hybridized carbons (Fsp3) is 0.214. The van der Waals surface area contributed by atoms with E-state index in [0.717, 1.165) is 11.3 Å². The summed E-state index contributed by atoms with van der Waals surface area (Å²) >= 11 is 1.78. The molecule has 3 heteroatoms. The number of hydrogen-bond acceptors (Lipinski definition) is 3. The molecule has 0 saturated carbocycles. The average Bonchev–Trinajstić information content (AvgIpc) is 2.38. The lowest BCUT2D eigenvalue weighted by Gasteiger charge is -2.13. The summed E-state index contributed by atoms with van der Waals surface area (Å²) < 4.78 is 0. The second-order valence-electron chi connectivity index (χ2n) is 3.96. The van der Waals surface area contributed by atoms with E-state index < -0.39 is 0 Å². The van der Waals surface area contributed by atoms with E-state index >= 15 is 0 Å². The van der Waals surface area contributed by atoms with Crippen molar-refractivity contribution < 1.29 is 0 Å². The normalized spacial score (nSPS) is 12.4. The fourth-order valence-corrected chi connectivity index (χ4v) is 2.56. The van der Waals surface area contributed by atoms with Crippen LogP contribution in [-0.2, 0) is 0 Å². The van der Waals surface area contributed by atoms with Crippen LogP contribution in [0.2, 0.25) is 0 Å². The molecule has 0 saturated heterocycles. The maximum Gasteiger partial charge on any atom is 0.0408 e. The van der Waals surface area contributed by atoms with Gasteiger partial charge in [0.15, 0.2) is 0 Å². The number of aryl methyl sites for hydroxylation is 1. The molecule has 0 amide bonds. The zero-order chi connectivity index (χ0) is 12.1. The molecule has 1 aromatic heterocycles. The van der Waals surface area contributed by atoms with Gasteiger partial charge in [0.05, 0.1) is 0 Å². The summed E-state index contributed by atoms with van der Waals surface area (Å²) in [6.45, 7) is 2.07. The van der Waals surface area contributed by atoms with Crippen molar-refractivity contribution in [2.45, 2.75) is 17.9 Å². The van der Waals surface area contributed by atoms with Crippen LogP contribution < -0.4 is 5.73 Å². The Kier molecular flexibility index (Phi) is 4.18. The Labute approximate surface area is 106 Å². The molecule has 1 atom stereocenters. The van der Waals surface area contributed by atoms with Crippen molar-refractivity contribution in [1.82, 2.24) is 4.98 Å². The summed E-state index contributed by atoms with van der Waals surface area (Å²) in [5.41, 5.74) is 8.53. The topological polar surface area (TPSA) is 38.9 Å². The first-order valence-corrected chi connectivity index (χ1v) is 6.60. The van der Waals surface area contributed by atoms with Crippen LogP contribution in [0.5, 0.6) is 0 Å². The number of rotatable bonds is 4. The average molecular weight is 244 g/mol. The highest BCUT2D eigenvalue weighted by Crippen LogP contribution is 2.24. The molecular formula is C14H16N2S. The van der Waals surface area contributed by atoms with Crippen LogP contribution in [0, 0.1) is 6.92 Å². The summed E-state index contributed by atoms with van der Waals surface area (Å²) in [5.74, 6) is 0.872. The van der Waals surface area contributed by atoms with Gasteiger partial charge >= 0.3 is 0 Å². The van der Waals surface area contributed by atoms with Crippen LogP contribution in [0.4, 0.5) is 0 Å². The summed E-state index contributed by atoms with van der Waals surface area (Å²) in [6.07, 6.45) is 3.67. The molecule has 0 fully saturated rings. The minimum Gasteiger partial charge on any atom is -0.323 e. The summed E-state index contributed by atoms with van der Waals surface area (Å²) in [7, 11) is 0. The van der Waals surface area contributed by atoms with Crippen molar-refractivity contribution in [2.75, 3.05) is 5.75 Å². The van der Waals surface area contributed by atoms with Gasteiger partial charge in [-0.3, -0.25) is 4.98 Å². The molecule has 2 rings (SSSR count). The zero-order valence-corrected chi connectivity index (χ0v) is 10.7. The number of benzene rings is 1. The van der Waals surface area contributed by atoms with Gasteiger partial charge in [0.2, 0.25) is 0 Å². The van der Waals surface area contributed by atoms with Crippen molar-refractivity contribution in [1.29, 1.82) is 0 Å². The third kappa shape index (κ3) is 3.32. The van der Waals surface area contributed by atoms with Crippen molar-refractivity contribution in [3.8, 4) is 0 Å². The molecule has 88 valence electrons. The molecule has 0 aliphatic carbocycles. The lowest BCUT2D eigenvalue weighted by atomic mass is 10.1. The SMILES string of the molecule is Cc1ccncc1C(N)CSc1ccccc1. The van der Waals surface area contributed by atoms with Gasteiger partial charge in [-0.25, -0.2) is 0 Å². The Morgan fingerprint density at radius 3 is 2.71 bits per heavy atom. The lowest BCUT2D eigenvalue weighted by Crippen LogP contribution is -2.14. The molecule has 2 aromatic rings. The third-order valence-corrected chi connectivity index (χ3v) is 3.78. The molecule has 2 N–H and O–H groups in total. The van der Waals surface area contributed by atoms with Gasteiger partial charge < -0.3 is 5.73 Å². The van der Waals surface area contributed by atoms with Crippen LogP contribution in [0.25, 0.3) is 0 Å². The van der Waals surface area contributed by atoms with E-state index in [2.05, 4.69) is 24.0 Å². The van der Waals surface area contributed by atoms with E-state index in [4.69, 9.17) is 5.73 Å². The summed E-state index contributed by atoms with van der Waals surface area (Å²) in [6, 6.07) is 12.4. The van der Waals surface area contributed by atoms with Gasteiger partial charge in [-0.05, 0) is 36.2 Å². The maximum atomic E-state index is 6.18. The van der Waals surface area contributed by atoms with E-state index in [-0.39, 0.29) is 6.04 Å². The van der Waals surface area contributed by atoms with Crippen LogP contribution in [0.1, 0.15) is 17.2 Å². The highest BCUT2D eigenvalue weighted by Gasteiger charge is 2.09.